The summed E-state index contributed by atoms with van der Waals surface area (Å²) in [6, 6.07) is 8.02. The van der Waals surface area contributed by atoms with Crippen molar-refractivity contribution in [1.82, 2.24) is 9.80 Å². The summed E-state index contributed by atoms with van der Waals surface area (Å²) in [5.74, 6) is 0.567. The van der Waals surface area contributed by atoms with Crippen LogP contribution in [0.15, 0.2) is 24.3 Å². The number of halogens is 1. The normalized spacial score (nSPS) is 22.9. The molecule has 1 aromatic carbocycles. The lowest BCUT2D eigenvalue weighted by atomic mass is 9.87. The molecule has 0 spiro atoms. The number of benzene rings is 1. The van der Waals surface area contributed by atoms with Crippen molar-refractivity contribution >= 4 is 17.2 Å². The van der Waals surface area contributed by atoms with Gasteiger partial charge in [-0.25, -0.2) is 4.39 Å². The molecule has 2 N–H and O–H groups in total. The summed E-state index contributed by atoms with van der Waals surface area (Å²) >= 11 is 1.36. The quantitative estimate of drug-likeness (QED) is 0.688. The van der Waals surface area contributed by atoms with Crippen LogP contribution in [0.3, 0.4) is 0 Å². The zero-order valence-electron chi connectivity index (χ0n) is 19.8. The molecule has 1 amide bonds. The number of likely N-dealkylation sites (tertiary alicyclic amines) is 2. The largest absolute Gasteiger partial charge is 0.495 e. The van der Waals surface area contributed by atoms with Gasteiger partial charge in [-0.1, -0.05) is 12.1 Å². The van der Waals surface area contributed by atoms with Gasteiger partial charge >= 0.3 is 0 Å². The van der Waals surface area contributed by atoms with E-state index in [1.165, 1.54) is 11.3 Å². The van der Waals surface area contributed by atoms with Crippen molar-refractivity contribution in [1.29, 1.82) is 0 Å². The van der Waals surface area contributed by atoms with E-state index in [9.17, 15) is 4.79 Å². The molecule has 2 aromatic rings. The summed E-state index contributed by atoms with van der Waals surface area (Å²) in [5, 5.41) is 0. The number of methoxy groups -OCH3 is 1. The van der Waals surface area contributed by atoms with Gasteiger partial charge in [0.2, 0.25) is 0 Å². The smallest absolute Gasteiger partial charge is 0.267 e. The van der Waals surface area contributed by atoms with Crippen molar-refractivity contribution in [3.05, 3.63) is 40.5 Å². The fourth-order valence-corrected chi connectivity index (χ4v) is 6.66. The molecule has 1 atom stereocenters. The number of carbonyl (C=O) groups excluding carboxylic acids is 1. The number of hydrogen-bond acceptors (Lipinski definition) is 6. The second kappa shape index (κ2) is 10.3. The molecule has 1 aromatic heterocycles. The molecule has 3 saturated heterocycles. The van der Waals surface area contributed by atoms with Crippen molar-refractivity contribution in [3.63, 3.8) is 0 Å². The van der Waals surface area contributed by atoms with E-state index in [1.54, 1.807) is 18.1 Å². The maximum Gasteiger partial charge on any atom is 0.267 e. The van der Waals surface area contributed by atoms with Gasteiger partial charge in [0.15, 0.2) is 0 Å². The Balaban J connectivity index is 1.28. The monoisotopic (exact) mass is 487 g/mol. The lowest BCUT2D eigenvalue weighted by Gasteiger charge is -2.39. The summed E-state index contributed by atoms with van der Waals surface area (Å²) < 4.78 is 26.2. The van der Waals surface area contributed by atoms with Crippen LogP contribution in [0, 0.1) is 5.82 Å². The Kier molecular flexibility index (Phi) is 7.20. The summed E-state index contributed by atoms with van der Waals surface area (Å²) in [5.41, 5.74) is 7.56. The lowest BCUT2D eigenvalue weighted by molar-refractivity contribution is 0.0250. The number of nitrogens with two attached hydrogens (primary N) is 1. The minimum absolute atomic E-state index is 0.0274. The van der Waals surface area contributed by atoms with E-state index in [0.717, 1.165) is 74.4 Å². The number of hydrogen-bond donors (Lipinski definition) is 1. The van der Waals surface area contributed by atoms with Crippen LogP contribution in [-0.2, 0) is 4.74 Å². The van der Waals surface area contributed by atoms with E-state index >= 15 is 4.39 Å². The second-order valence-corrected chi connectivity index (χ2v) is 10.8. The Labute approximate surface area is 204 Å². The highest BCUT2D eigenvalue weighted by molar-refractivity contribution is 7.17. The number of carbonyl (C=O) groups is 1. The number of piperidine rings is 1. The number of nitrogens with zero attached hydrogens (tertiary/aromatic N) is 2. The third-order valence-electron chi connectivity index (χ3n) is 7.59. The first-order valence-corrected chi connectivity index (χ1v) is 13.2. The van der Waals surface area contributed by atoms with Gasteiger partial charge in [-0.15, -0.1) is 11.3 Å². The van der Waals surface area contributed by atoms with Crippen LogP contribution in [0.4, 0.5) is 4.39 Å². The van der Waals surface area contributed by atoms with Gasteiger partial charge in [-0.05, 0) is 74.4 Å². The average Bonchev–Trinajstić information content (AvgIpc) is 3.51. The number of amides is 1. The highest BCUT2D eigenvalue weighted by Gasteiger charge is 2.30. The number of ether oxygens (including phenoxy) is 2. The van der Waals surface area contributed by atoms with Gasteiger partial charge in [-0.3, -0.25) is 4.79 Å². The maximum atomic E-state index is 15.3. The van der Waals surface area contributed by atoms with E-state index in [1.807, 2.05) is 18.2 Å². The fraction of sp³-hybridized carbons (Fsp3) is 0.577. The molecule has 6 nitrogen and oxygen atoms in total. The molecular weight excluding hydrogens is 453 g/mol. The standard InChI is InChI=1S/C26H34FN3O3S/c1-32-23-15-24(34-25(23)26(31)30-11-6-19(28)16-30)18-2-3-21(22(27)14-18)17-4-9-29(10-5-17)20-7-12-33-13-8-20/h2-3,14-15,17,19-20H,4-13,16,28H2,1H3/t19-/m0/s1. The van der Waals surface area contributed by atoms with Gasteiger partial charge in [0.1, 0.15) is 16.4 Å². The predicted octanol–water partition coefficient (Wildman–Crippen LogP) is 4.09. The molecule has 0 unspecified atom stereocenters. The number of thiophene rings is 1. The van der Waals surface area contributed by atoms with Crippen molar-refractivity contribution in [2.24, 2.45) is 5.73 Å². The molecule has 8 heteroatoms. The summed E-state index contributed by atoms with van der Waals surface area (Å²) in [6.45, 7) is 4.97. The van der Waals surface area contributed by atoms with Crippen molar-refractivity contribution < 1.29 is 18.7 Å². The lowest BCUT2D eigenvalue weighted by Crippen LogP contribution is -2.43. The van der Waals surface area contributed by atoms with Crippen LogP contribution in [0.1, 0.15) is 53.3 Å². The first-order chi connectivity index (χ1) is 16.5. The molecule has 4 heterocycles. The average molecular weight is 488 g/mol. The van der Waals surface area contributed by atoms with E-state index in [-0.39, 0.29) is 23.7 Å². The Morgan fingerprint density at radius 2 is 1.88 bits per heavy atom. The maximum absolute atomic E-state index is 15.3. The Bertz CT molecular complexity index is 1010. The van der Waals surface area contributed by atoms with Crippen molar-refractivity contribution in [3.8, 4) is 16.2 Å². The van der Waals surface area contributed by atoms with Crippen LogP contribution in [-0.4, -0.2) is 74.3 Å². The summed E-state index contributed by atoms with van der Waals surface area (Å²) in [6.07, 6.45) is 4.99. The second-order valence-electron chi connectivity index (χ2n) is 9.70. The first-order valence-electron chi connectivity index (χ1n) is 12.4. The van der Waals surface area contributed by atoms with Gasteiger partial charge in [0, 0.05) is 43.3 Å². The van der Waals surface area contributed by atoms with Crippen LogP contribution in [0.2, 0.25) is 0 Å². The summed E-state index contributed by atoms with van der Waals surface area (Å²) in [4.78, 5) is 18.7. The fourth-order valence-electron chi connectivity index (χ4n) is 5.57. The SMILES string of the molecule is COc1cc(-c2ccc(C3CCN(C4CCOCC4)CC3)c(F)c2)sc1C(=O)N1CC[C@H](N)C1. The Morgan fingerprint density at radius 3 is 2.53 bits per heavy atom. The topological polar surface area (TPSA) is 68.0 Å². The van der Waals surface area contributed by atoms with Gasteiger partial charge < -0.3 is 25.0 Å². The minimum atomic E-state index is -0.159. The zero-order chi connectivity index (χ0) is 23.7. The molecule has 3 fully saturated rings. The van der Waals surface area contributed by atoms with E-state index in [4.69, 9.17) is 15.2 Å². The molecule has 5 rings (SSSR count). The molecule has 34 heavy (non-hydrogen) atoms. The number of rotatable bonds is 5. The highest BCUT2D eigenvalue weighted by atomic mass is 32.1. The van der Waals surface area contributed by atoms with Crippen LogP contribution >= 0.6 is 11.3 Å². The molecule has 0 saturated carbocycles. The van der Waals surface area contributed by atoms with E-state index in [2.05, 4.69) is 4.90 Å². The predicted molar refractivity (Wildman–Crippen MR) is 132 cm³/mol. The minimum Gasteiger partial charge on any atom is -0.495 e. The molecule has 184 valence electrons. The third-order valence-corrected chi connectivity index (χ3v) is 8.74. The highest BCUT2D eigenvalue weighted by Crippen LogP contribution is 2.39. The molecule has 0 radical (unpaired) electrons. The van der Waals surface area contributed by atoms with Crippen LogP contribution < -0.4 is 10.5 Å². The Hall–Kier alpha value is -2.00. The molecule has 0 bridgehead atoms. The molecule has 3 aliphatic rings. The van der Waals surface area contributed by atoms with E-state index in [0.29, 0.717) is 29.8 Å². The van der Waals surface area contributed by atoms with Gasteiger partial charge in [0.05, 0.1) is 7.11 Å². The Morgan fingerprint density at radius 1 is 1.12 bits per heavy atom. The first kappa shape index (κ1) is 23.7. The molecule has 3 aliphatic heterocycles. The molecular formula is C26H34FN3O3S. The van der Waals surface area contributed by atoms with Gasteiger partial charge in [-0.2, -0.15) is 0 Å². The third kappa shape index (κ3) is 4.87. The zero-order valence-corrected chi connectivity index (χ0v) is 20.6. The molecule has 0 aliphatic carbocycles. The van der Waals surface area contributed by atoms with Gasteiger partial charge in [0.25, 0.3) is 5.91 Å². The van der Waals surface area contributed by atoms with Crippen molar-refractivity contribution in [2.75, 3.05) is 46.5 Å². The van der Waals surface area contributed by atoms with Crippen LogP contribution in [0.25, 0.3) is 10.4 Å². The van der Waals surface area contributed by atoms with Crippen molar-refractivity contribution in [2.45, 2.75) is 50.1 Å². The van der Waals surface area contributed by atoms with E-state index < -0.39 is 0 Å². The summed E-state index contributed by atoms with van der Waals surface area (Å²) in [7, 11) is 1.56. The van der Waals surface area contributed by atoms with Crippen LogP contribution in [0.5, 0.6) is 5.75 Å².